The Morgan fingerprint density at radius 1 is 1.09 bits per heavy atom. The SMILES string of the molecule is CCOc1cccc2sc(N3CCN(CCNC(=O)CS(=O)(=O)c4ccccc4)CC3)nc12. The standard InChI is InChI=1S/C23H28N4O4S2/c1-2-31-19-9-6-10-20-22(19)25-23(32-20)27-15-13-26(14-16-27)12-11-24-21(28)17-33(29,30)18-7-4-3-5-8-18/h3-10H,2,11-17H2,1H3,(H,24,28). The van der Waals surface area contributed by atoms with Crippen LogP contribution >= 0.6 is 11.3 Å². The molecule has 0 bridgehead atoms. The molecule has 1 aromatic heterocycles. The number of thiazole rings is 1. The largest absolute Gasteiger partial charge is 0.492 e. The fourth-order valence-electron chi connectivity index (χ4n) is 3.77. The number of anilines is 1. The number of nitrogens with one attached hydrogen (secondary N) is 1. The highest BCUT2D eigenvalue weighted by Gasteiger charge is 2.22. The molecule has 2 heterocycles. The quantitative estimate of drug-likeness (QED) is 0.495. The van der Waals surface area contributed by atoms with Gasteiger partial charge in [-0.05, 0) is 31.2 Å². The van der Waals surface area contributed by atoms with Crippen LogP contribution in [0.5, 0.6) is 5.75 Å². The summed E-state index contributed by atoms with van der Waals surface area (Å²) in [6.07, 6.45) is 0. The highest BCUT2D eigenvalue weighted by Crippen LogP contribution is 2.34. The molecule has 33 heavy (non-hydrogen) atoms. The minimum atomic E-state index is -3.62. The van der Waals surface area contributed by atoms with Crippen molar-refractivity contribution in [2.75, 3.05) is 56.5 Å². The zero-order valence-corrected chi connectivity index (χ0v) is 20.2. The maximum Gasteiger partial charge on any atom is 0.235 e. The van der Waals surface area contributed by atoms with Crippen LogP contribution in [-0.4, -0.2) is 75.8 Å². The molecule has 2 aromatic carbocycles. The molecule has 0 aliphatic carbocycles. The lowest BCUT2D eigenvalue weighted by Gasteiger charge is -2.34. The number of carbonyl (C=O) groups excluding carboxylic acids is 1. The van der Waals surface area contributed by atoms with E-state index < -0.39 is 21.5 Å². The van der Waals surface area contributed by atoms with E-state index in [1.165, 1.54) is 12.1 Å². The first kappa shape index (κ1) is 23.5. The molecule has 10 heteroatoms. The average Bonchev–Trinajstić information content (AvgIpc) is 3.25. The Morgan fingerprint density at radius 2 is 1.85 bits per heavy atom. The molecule has 4 rings (SSSR count). The van der Waals surface area contributed by atoms with Crippen LogP contribution in [0.25, 0.3) is 10.2 Å². The predicted molar refractivity (Wildman–Crippen MR) is 131 cm³/mol. The second-order valence-electron chi connectivity index (χ2n) is 7.78. The summed E-state index contributed by atoms with van der Waals surface area (Å²) >= 11 is 1.67. The third-order valence-electron chi connectivity index (χ3n) is 5.49. The highest BCUT2D eigenvalue weighted by atomic mass is 32.2. The highest BCUT2D eigenvalue weighted by molar-refractivity contribution is 7.92. The summed E-state index contributed by atoms with van der Waals surface area (Å²) in [7, 11) is -3.62. The molecular formula is C23H28N4O4S2. The molecule has 1 aliphatic heterocycles. The van der Waals surface area contributed by atoms with E-state index in [-0.39, 0.29) is 4.90 Å². The molecule has 0 radical (unpaired) electrons. The molecule has 3 aromatic rings. The Kier molecular flexibility index (Phi) is 7.46. The number of ether oxygens (including phenoxy) is 1. The van der Waals surface area contributed by atoms with E-state index in [1.54, 1.807) is 29.5 Å². The first-order chi connectivity index (χ1) is 16.0. The molecule has 1 saturated heterocycles. The zero-order valence-electron chi connectivity index (χ0n) is 18.6. The smallest absolute Gasteiger partial charge is 0.235 e. The van der Waals surface area contributed by atoms with Crippen molar-refractivity contribution < 1.29 is 17.9 Å². The number of para-hydroxylation sites is 1. The van der Waals surface area contributed by atoms with Crippen LogP contribution in [0.1, 0.15) is 6.92 Å². The van der Waals surface area contributed by atoms with E-state index in [0.717, 1.165) is 47.3 Å². The monoisotopic (exact) mass is 488 g/mol. The number of sulfone groups is 1. The summed E-state index contributed by atoms with van der Waals surface area (Å²) in [5.74, 6) is -0.190. The lowest BCUT2D eigenvalue weighted by Crippen LogP contribution is -2.48. The van der Waals surface area contributed by atoms with Gasteiger partial charge < -0.3 is 15.0 Å². The number of amides is 1. The van der Waals surface area contributed by atoms with Crippen molar-refractivity contribution in [2.45, 2.75) is 11.8 Å². The van der Waals surface area contributed by atoms with Crippen molar-refractivity contribution >= 4 is 42.4 Å². The van der Waals surface area contributed by atoms with Gasteiger partial charge in [-0.15, -0.1) is 0 Å². The number of hydrogen-bond donors (Lipinski definition) is 1. The number of nitrogens with zero attached hydrogens (tertiary/aromatic N) is 3. The Hall–Kier alpha value is -2.69. The molecule has 1 amide bonds. The van der Waals surface area contributed by atoms with Gasteiger partial charge in [0.25, 0.3) is 0 Å². The van der Waals surface area contributed by atoms with E-state index in [9.17, 15) is 13.2 Å². The number of hydrogen-bond acceptors (Lipinski definition) is 8. The molecular weight excluding hydrogens is 460 g/mol. The molecule has 0 unspecified atom stereocenters. The van der Waals surface area contributed by atoms with Crippen LogP contribution < -0.4 is 15.0 Å². The number of fused-ring (bicyclic) bond motifs is 1. The van der Waals surface area contributed by atoms with Crippen LogP contribution in [-0.2, 0) is 14.6 Å². The summed E-state index contributed by atoms with van der Waals surface area (Å²) in [5, 5.41) is 3.73. The summed E-state index contributed by atoms with van der Waals surface area (Å²) in [6, 6.07) is 14.1. The van der Waals surface area contributed by atoms with Gasteiger partial charge in [-0.1, -0.05) is 35.6 Å². The number of carbonyl (C=O) groups is 1. The molecule has 1 fully saturated rings. The van der Waals surface area contributed by atoms with E-state index in [4.69, 9.17) is 9.72 Å². The van der Waals surface area contributed by atoms with E-state index in [0.29, 0.717) is 19.7 Å². The van der Waals surface area contributed by atoms with Crippen molar-refractivity contribution in [1.29, 1.82) is 0 Å². The number of rotatable bonds is 9. The van der Waals surface area contributed by atoms with Gasteiger partial charge in [0.05, 0.1) is 16.2 Å². The van der Waals surface area contributed by atoms with Crippen molar-refractivity contribution in [1.82, 2.24) is 15.2 Å². The molecule has 1 N–H and O–H groups in total. The Balaban J connectivity index is 1.23. The van der Waals surface area contributed by atoms with Gasteiger partial charge in [0.1, 0.15) is 17.0 Å². The third kappa shape index (κ3) is 5.82. The molecule has 0 saturated carbocycles. The average molecular weight is 489 g/mol. The minimum Gasteiger partial charge on any atom is -0.492 e. The minimum absolute atomic E-state index is 0.166. The maximum atomic E-state index is 12.3. The second kappa shape index (κ2) is 10.5. The van der Waals surface area contributed by atoms with Crippen molar-refractivity contribution in [2.24, 2.45) is 0 Å². The summed E-state index contributed by atoms with van der Waals surface area (Å²) < 4.78 is 31.4. The van der Waals surface area contributed by atoms with Crippen molar-refractivity contribution in [3.63, 3.8) is 0 Å². The Bertz CT molecular complexity index is 1190. The lowest BCUT2D eigenvalue weighted by atomic mass is 10.3. The van der Waals surface area contributed by atoms with E-state index in [2.05, 4.69) is 21.2 Å². The first-order valence-electron chi connectivity index (χ1n) is 11.0. The number of piperazine rings is 1. The van der Waals surface area contributed by atoms with Crippen LogP contribution in [0, 0.1) is 0 Å². The van der Waals surface area contributed by atoms with Crippen LogP contribution in [0.15, 0.2) is 53.4 Å². The molecule has 176 valence electrons. The molecule has 0 atom stereocenters. The van der Waals surface area contributed by atoms with Gasteiger partial charge in [0.2, 0.25) is 5.91 Å². The normalized spacial score (nSPS) is 15.0. The fraction of sp³-hybridized carbons (Fsp3) is 0.391. The second-order valence-corrected chi connectivity index (χ2v) is 10.8. The van der Waals surface area contributed by atoms with Crippen LogP contribution in [0.3, 0.4) is 0 Å². The van der Waals surface area contributed by atoms with E-state index >= 15 is 0 Å². The molecule has 1 aliphatic rings. The number of aromatic nitrogens is 1. The van der Waals surface area contributed by atoms with Crippen LogP contribution in [0.4, 0.5) is 5.13 Å². The van der Waals surface area contributed by atoms with Gasteiger partial charge in [-0.3, -0.25) is 9.69 Å². The van der Waals surface area contributed by atoms with E-state index in [1.807, 2.05) is 19.1 Å². The lowest BCUT2D eigenvalue weighted by molar-refractivity contribution is -0.118. The maximum absolute atomic E-state index is 12.3. The van der Waals surface area contributed by atoms with Gasteiger partial charge in [-0.25, -0.2) is 13.4 Å². The van der Waals surface area contributed by atoms with Crippen molar-refractivity contribution in [3.05, 3.63) is 48.5 Å². The van der Waals surface area contributed by atoms with Crippen LogP contribution in [0.2, 0.25) is 0 Å². The Labute approximate surface area is 198 Å². The fourth-order valence-corrected chi connectivity index (χ4v) is 5.99. The summed E-state index contributed by atoms with van der Waals surface area (Å²) in [4.78, 5) is 21.7. The molecule has 8 nitrogen and oxygen atoms in total. The molecule has 0 spiro atoms. The zero-order chi connectivity index (χ0) is 23.3. The predicted octanol–water partition coefficient (Wildman–Crippen LogP) is 2.41. The summed E-state index contributed by atoms with van der Waals surface area (Å²) in [5.41, 5.74) is 0.912. The first-order valence-corrected chi connectivity index (χ1v) is 13.5. The van der Waals surface area contributed by atoms with Crippen molar-refractivity contribution in [3.8, 4) is 5.75 Å². The number of benzene rings is 2. The van der Waals surface area contributed by atoms with Gasteiger partial charge in [-0.2, -0.15) is 0 Å². The van der Waals surface area contributed by atoms with Gasteiger partial charge in [0.15, 0.2) is 15.0 Å². The third-order valence-corrected chi connectivity index (χ3v) is 8.20. The summed E-state index contributed by atoms with van der Waals surface area (Å²) in [6.45, 7) is 7.08. The topological polar surface area (TPSA) is 91.8 Å². The Morgan fingerprint density at radius 3 is 2.58 bits per heavy atom. The van der Waals surface area contributed by atoms with Gasteiger partial charge in [0, 0.05) is 39.3 Å². The van der Waals surface area contributed by atoms with Gasteiger partial charge >= 0.3 is 0 Å².